The molecule has 0 bridgehead atoms. The second-order valence-electron chi connectivity index (χ2n) is 8.80. The van der Waals surface area contributed by atoms with Gasteiger partial charge < -0.3 is 21.7 Å². The highest BCUT2D eigenvalue weighted by Gasteiger charge is 2.39. The van der Waals surface area contributed by atoms with Gasteiger partial charge in [0, 0.05) is 12.6 Å². The smallest absolute Gasteiger partial charge is 0.270 e. The van der Waals surface area contributed by atoms with Gasteiger partial charge in [-0.3, -0.25) is 14.4 Å². The number of primary amides is 1. The largest absolute Gasteiger partial charge is 0.395 e. The average Bonchev–Trinajstić information content (AvgIpc) is 3.29. The van der Waals surface area contributed by atoms with Gasteiger partial charge in [-0.25, -0.2) is 4.39 Å². The molecule has 5 N–H and O–H groups in total. The molecule has 188 valence electrons. The highest BCUT2D eigenvalue weighted by atomic mass is 32.1. The first kappa shape index (κ1) is 25.3. The molecular weight excluding hydrogens is 481 g/mol. The molecular formula is C26H28FN5O3S. The Morgan fingerprint density at radius 2 is 1.72 bits per heavy atom. The molecule has 0 saturated heterocycles. The molecule has 1 heterocycles. The van der Waals surface area contributed by atoms with E-state index >= 15 is 0 Å². The van der Waals surface area contributed by atoms with Crippen molar-refractivity contribution in [2.45, 2.75) is 50.7 Å². The molecule has 1 aliphatic rings. The van der Waals surface area contributed by atoms with Crippen molar-refractivity contribution in [3.8, 4) is 0 Å². The SMILES string of the molecule is NC(=O)c1nsc(C(=O)N(C2CCCCC2)[C@@H](C(=O)NCc2ccccc2)c2ccc(F)cc2)c1N. The van der Waals surface area contributed by atoms with E-state index in [1.165, 1.54) is 29.2 Å². The molecule has 1 saturated carbocycles. The topological polar surface area (TPSA) is 131 Å². The van der Waals surface area contributed by atoms with E-state index in [0.717, 1.165) is 36.4 Å². The van der Waals surface area contributed by atoms with E-state index in [0.29, 0.717) is 18.4 Å². The number of nitrogens with zero attached hydrogens (tertiary/aromatic N) is 2. The molecule has 0 aliphatic heterocycles. The number of nitrogen functional groups attached to an aromatic ring is 1. The first-order valence-corrected chi connectivity index (χ1v) is 12.6. The van der Waals surface area contributed by atoms with Crippen LogP contribution in [0.5, 0.6) is 0 Å². The van der Waals surface area contributed by atoms with Crippen LogP contribution in [0, 0.1) is 5.82 Å². The molecule has 3 aromatic rings. The van der Waals surface area contributed by atoms with Crippen LogP contribution in [-0.2, 0) is 11.3 Å². The maximum atomic E-state index is 14.0. The summed E-state index contributed by atoms with van der Waals surface area (Å²) in [6.45, 7) is 0.262. The van der Waals surface area contributed by atoms with Crippen LogP contribution in [0.4, 0.5) is 10.1 Å². The molecule has 0 radical (unpaired) electrons. The zero-order valence-electron chi connectivity index (χ0n) is 19.7. The number of nitrogens with two attached hydrogens (primary N) is 2. The van der Waals surface area contributed by atoms with Gasteiger partial charge in [0.15, 0.2) is 5.69 Å². The number of carbonyl (C=O) groups excluding carboxylic acids is 3. The summed E-state index contributed by atoms with van der Waals surface area (Å²) in [6, 6.07) is 13.7. The third kappa shape index (κ3) is 5.54. The lowest BCUT2D eigenvalue weighted by Gasteiger charge is -2.39. The summed E-state index contributed by atoms with van der Waals surface area (Å²) >= 11 is 0.783. The molecule has 4 rings (SSSR count). The van der Waals surface area contributed by atoms with Gasteiger partial charge in [-0.15, -0.1) is 0 Å². The molecule has 3 amide bonds. The van der Waals surface area contributed by atoms with Gasteiger partial charge in [0.25, 0.3) is 11.8 Å². The Kier molecular flexibility index (Phi) is 7.94. The second-order valence-corrected chi connectivity index (χ2v) is 9.57. The quantitative estimate of drug-likeness (QED) is 0.425. The number of nitrogens with one attached hydrogen (secondary N) is 1. The van der Waals surface area contributed by atoms with E-state index in [1.807, 2.05) is 30.3 Å². The van der Waals surface area contributed by atoms with Crippen molar-refractivity contribution in [1.82, 2.24) is 14.6 Å². The number of rotatable bonds is 8. The van der Waals surface area contributed by atoms with Crippen LogP contribution in [-0.4, -0.2) is 33.0 Å². The molecule has 1 fully saturated rings. The normalized spacial score (nSPS) is 14.7. The highest BCUT2D eigenvalue weighted by Crippen LogP contribution is 2.35. The maximum absolute atomic E-state index is 14.0. The number of amides is 3. The molecule has 1 aromatic heterocycles. The molecule has 10 heteroatoms. The Bertz CT molecular complexity index is 1230. The van der Waals surface area contributed by atoms with E-state index < -0.39 is 29.6 Å². The molecule has 8 nitrogen and oxygen atoms in total. The summed E-state index contributed by atoms with van der Waals surface area (Å²) in [4.78, 5) is 41.0. The van der Waals surface area contributed by atoms with Crippen LogP contribution in [0.15, 0.2) is 54.6 Å². The van der Waals surface area contributed by atoms with Crippen LogP contribution >= 0.6 is 11.5 Å². The van der Waals surface area contributed by atoms with E-state index in [9.17, 15) is 18.8 Å². The van der Waals surface area contributed by atoms with Gasteiger partial charge in [0.1, 0.15) is 16.7 Å². The number of anilines is 1. The van der Waals surface area contributed by atoms with E-state index in [-0.39, 0.29) is 28.8 Å². The molecule has 1 atom stereocenters. The lowest BCUT2D eigenvalue weighted by molar-refractivity contribution is -0.127. The first-order valence-electron chi connectivity index (χ1n) is 11.8. The fourth-order valence-electron chi connectivity index (χ4n) is 4.56. The van der Waals surface area contributed by atoms with Crippen molar-refractivity contribution in [2.24, 2.45) is 5.73 Å². The van der Waals surface area contributed by atoms with Gasteiger partial charge in [-0.05, 0) is 47.6 Å². The number of halogens is 1. The first-order chi connectivity index (χ1) is 17.4. The van der Waals surface area contributed by atoms with Gasteiger partial charge in [0.05, 0.1) is 5.69 Å². The zero-order valence-corrected chi connectivity index (χ0v) is 20.5. The van der Waals surface area contributed by atoms with Crippen LogP contribution in [0.1, 0.15) is 69.4 Å². The lowest BCUT2D eigenvalue weighted by atomic mass is 9.91. The van der Waals surface area contributed by atoms with Gasteiger partial charge in [-0.2, -0.15) is 4.37 Å². The van der Waals surface area contributed by atoms with Crippen molar-refractivity contribution >= 4 is 34.9 Å². The molecule has 0 unspecified atom stereocenters. The minimum absolute atomic E-state index is 0.0531. The number of hydrogen-bond donors (Lipinski definition) is 3. The van der Waals surface area contributed by atoms with Crippen molar-refractivity contribution in [3.63, 3.8) is 0 Å². The Hall–Kier alpha value is -3.79. The monoisotopic (exact) mass is 509 g/mol. The van der Waals surface area contributed by atoms with Crippen molar-refractivity contribution in [2.75, 3.05) is 5.73 Å². The highest BCUT2D eigenvalue weighted by molar-refractivity contribution is 7.09. The summed E-state index contributed by atoms with van der Waals surface area (Å²) in [5.41, 5.74) is 12.6. The summed E-state index contributed by atoms with van der Waals surface area (Å²) in [7, 11) is 0. The van der Waals surface area contributed by atoms with Gasteiger partial charge in [-0.1, -0.05) is 61.7 Å². The Morgan fingerprint density at radius 3 is 2.33 bits per heavy atom. The third-order valence-electron chi connectivity index (χ3n) is 6.38. The molecule has 36 heavy (non-hydrogen) atoms. The third-order valence-corrected chi connectivity index (χ3v) is 7.23. The standard InChI is InChI=1S/C26H28FN5O3S/c27-18-13-11-17(12-14-18)22(25(34)30-15-16-7-3-1-4-8-16)32(19-9-5-2-6-10-19)26(35)23-20(28)21(24(29)33)31-36-23/h1,3-4,7-8,11-14,19,22H,2,5-6,9-10,15,28H2,(H2,29,33)(H,30,34)/t22-/m1/s1. The van der Waals surface area contributed by atoms with Crippen molar-refractivity contribution in [1.29, 1.82) is 0 Å². The molecule has 1 aliphatic carbocycles. The maximum Gasteiger partial charge on any atom is 0.270 e. The number of carbonyl (C=O) groups is 3. The lowest BCUT2D eigenvalue weighted by Crippen LogP contribution is -2.49. The number of hydrogen-bond acceptors (Lipinski definition) is 6. The summed E-state index contributed by atoms with van der Waals surface area (Å²) < 4.78 is 17.8. The fraction of sp³-hybridized carbons (Fsp3) is 0.308. The van der Waals surface area contributed by atoms with Crippen molar-refractivity contribution < 1.29 is 18.8 Å². The second kappa shape index (κ2) is 11.3. The van der Waals surface area contributed by atoms with E-state index in [2.05, 4.69) is 9.69 Å². The minimum Gasteiger partial charge on any atom is -0.395 e. The van der Waals surface area contributed by atoms with Crippen molar-refractivity contribution in [3.05, 3.63) is 82.1 Å². The Morgan fingerprint density at radius 1 is 1.06 bits per heavy atom. The van der Waals surface area contributed by atoms with Crippen LogP contribution in [0.25, 0.3) is 0 Å². The van der Waals surface area contributed by atoms with Crippen LogP contribution < -0.4 is 16.8 Å². The fourth-order valence-corrected chi connectivity index (χ4v) is 5.31. The molecule has 2 aromatic carbocycles. The predicted octanol–water partition coefficient (Wildman–Crippen LogP) is 3.80. The number of benzene rings is 2. The molecule has 0 spiro atoms. The summed E-state index contributed by atoms with van der Waals surface area (Å²) in [6.07, 6.45) is 4.25. The van der Waals surface area contributed by atoms with E-state index in [4.69, 9.17) is 11.5 Å². The number of aromatic nitrogens is 1. The Balaban J connectivity index is 1.75. The summed E-state index contributed by atoms with van der Waals surface area (Å²) in [5, 5.41) is 2.93. The van der Waals surface area contributed by atoms with E-state index in [1.54, 1.807) is 0 Å². The van der Waals surface area contributed by atoms with Gasteiger partial charge in [0.2, 0.25) is 5.91 Å². The minimum atomic E-state index is -1.04. The summed E-state index contributed by atoms with van der Waals surface area (Å²) in [5.74, 6) is -2.19. The van der Waals surface area contributed by atoms with Crippen LogP contribution in [0.2, 0.25) is 0 Å². The average molecular weight is 510 g/mol. The van der Waals surface area contributed by atoms with Crippen LogP contribution in [0.3, 0.4) is 0 Å². The Labute approximate surface area is 212 Å². The predicted molar refractivity (Wildman–Crippen MR) is 136 cm³/mol. The zero-order chi connectivity index (χ0) is 25.7. The van der Waals surface area contributed by atoms with Gasteiger partial charge >= 0.3 is 0 Å².